The molecule has 0 saturated heterocycles. The molecule has 27 heavy (non-hydrogen) atoms. The summed E-state index contributed by atoms with van der Waals surface area (Å²) >= 11 is 0. The summed E-state index contributed by atoms with van der Waals surface area (Å²) in [5.41, 5.74) is 2.46. The lowest BCUT2D eigenvalue weighted by Gasteiger charge is -2.16. The Balaban J connectivity index is 1.45. The van der Waals surface area contributed by atoms with Crippen LogP contribution in [0.15, 0.2) is 55.1 Å². The summed E-state index contributed by atoms with van der Waals surface area (Å²) < 4.78 is 13.0. The van der Waals surface area contributed by atoms with E-state index in [2.05, 4.69) is 15.4 Å². The quantitative estimate of drug-likeness (QED) is 0.770. The second-order valence-corrected chi connectivity index (χ2v) is 6.34. The highest BCUT2D eigenvalue weighted by Crippen LogP contribution is 2.30. The third-order valence-corrected chi connectivity index (χ3v) is 4.43. The lowest BCUT2D eigenvalue weighted by Crippen LogP contribution is -2.26. The minimum Gasteiger partial charge on any atom is -0.490 e. The molecule has 0 radical (unpaired) electrons. The van der Waals surface area contributed by atoms with Gasteiger partial charge >= 0.3 is 0 Å². The van der Waals surface area contributed by atoms with E-state index in [4.69, 9.17) is 9.47 Å². The van der Waals surface area contributed by atoms with Gasteiger partial charge in [-0.05, 0) is 42.8 Å². The van der Waals surface area contributed by atoms with E-state index >= 15 is 0 Å². The zero-order chi connectivity index (χ0) is 18.6. The van der Waals surface area contributed by atoms with Gasteiger partial charge in [-0.3, -0.25) is 4.79 Å². The largest absolute Gasteiger partial charge is 0.490 e. The zero-order valence-electron chi connectivity index (χ0n) is 15.0. The molecule has 0 unspecified atom stereocenters. The van der Waals surface area contributed by atoms with Crippen LogP contribution in [0.4, 0.5) is 0 Å². The normalized spacial score (nSPS) is 14.3. The Labute approximate surface area is 156 Å². The van der Waals surface area contributed by atoms with E-state index in [1.807, 2.05) is 31.2 Å². The molecule has 0 bridgehead atoms. The van der Waals surface area contributed by atoms with Crippen molar-refractivity contribution in [3.05, 3.63) is 66.2 Å². The van der Waals surface area contributed by atoms with E-state index in [9.17, 15) is 4.79 Å². The average Bonchev–Trinajstić information content (AvgIpc) is 3.13. The summed E-state index contributed by atoms with van der Waals surface area (Å²) in [5.74, 6) is 1.14. The van der Waals surface area contributed by atoms with Gasteiger partial charge in [0.2, 0.25) is 0 Å². The lowest BCUT2D eigenvalue weighted by atomic mass is 10.1. The molecule has 0 fully saturated rings. The number of nitrogens with zero attached hydrogens (tertiary/aromatic N) is 3. The van der Waals surface area contributed by atoms with Crippen LogP contribution in [0, 0.1) is 0 Å². The fourth-order valence-electron chi connectivity index (χ4n) is 2.93. The number of rotatable bonds is 4. The van der Waals surface area contributed by atoms with E-state index in [0.717, 1.165) is 17.7 Å². The van der Waals surface area contributed by atoms with Crippen LogP contribution in [0.5, 0.6) is 11.5 Å². The maximum Gasteiger partial charge on any atom is 0.251 e. The maximum absolute atomic E-state index is 12.6. The molecule has 3 aromatic rings. The summed E-state index contributed by atoms with van der Waals surface area (Å²) in [7, 11) is 0. The number of aromatic nitrogens is 3. The Morgan fingerprint density at radius 2 is 1.89 bits per heavy atom. The van der Waals surface area contributed by atoms with Crippen molar-refractivity contribution in [1.82, 2.24) is 20.1 Å². The third kappa shape index (κ3) is 3.76. The van der Waals surface area contributed by atoms with Crippen LogP contribution >= 0.6 is 0 Å². The summed E-state index contributed by atoms with van der Waals surface area (Å²) in [6, 6.07) is 13.0. The molecule has 1 aliphatic rings. The van der Waals surface area contributed by atoms with Gasteiger partial charge in [0.1, 0.15) is 12.7 Å². The second kappa shape index (κ2) is 7.49. The number of nitrogens with one attached hydrogen (secondary N) is 1. The fraction of sp³-hybridized carbons (Fsp3) is 0.250. The summed E-state index contributed by atoms with van der Waals surface area (Å²) in [6.45, 7) is 3.16. The molecule has 7 heteroatoms. The molecular weight excluding hydrogens is 344 g/mol. The van der Waals surface area contributed by atoms with Crippen LogP contribution in [0.2, 0.25) is 0 Å². The highest BCUT2D eigenvalue weighted by atomic mass is 16.5. The predicted molar refractivity (Wildman–Crippen MR) is 99.3 cm³/mol. The molecule has 0 saturated carbocycles. The molecule has 1 aromatic heterocycles. The highest BCUT2D eigenvalue weighted by Gasteiger charge is 2.16. The maximum atomic E-state index is 12.6. The van der Waals surface area contributed by atoms with Gasteiger partial charge in [-0.1, -0.05) is 12.1 Å². The molecule has 1 N–H and O–H groups in total. The topological polar surface area (TPSA) is 78.3 Å². The molecule has 1 aliphatic heterocycles. The number of ether oxygens (including phenoxy) is 2. The van der Waals surface area contributed by atoms with E-state index in [0.29, 0.717) is 30.3 Å². The van der Waals surface area contributed by atoms with Gasteiger partial charge in [0.25, 0.3) is 5.91 Å². The van der Waals surface area contributed by atoms with Crippen molar-refractivity contribution in [1.29, 1.82) is 0 Å². The summed E-state index contributed by atoms with van der Waals surface area (Å²) in [5, 5.41) is 7.12. The minimum absolute atomic E-state index is 0.140. The van der Waals surface area contributed by atoms with Gasteiger partial charge in [-0.25, -0.2) is 9.67 Å². The highest BCUT2D eigenvalue weighted by molar-refractivity contribution is 5.95. The van der Waals surface area contributed by atoms with Crippen LogP contribution in [0.1, 0.15) is 35.3 Å². The smallest absolute Gasteiger partial charge is 0.251 e. The Kier molecular flexibility index (Phi) is 4.74. The minimum atomic E-state index is -0.154. The molecule has 1 atom stereocenters. The Bertz CT molecular complexity index is 923. The first kappa shape index (κ1) is 17.1. The molecule has 7 nitrogen and oxygen atoms in total. The number of fused-ring (bicyclic) bond motifs is 1. The predicted octanol–water partition coefficient (Wildman–Crippen LogP) is 2.92. The van der Waals surface area contributed by atoms with E-state index in [-0.39, 0.29) is 11.9 Å². The number of carbonyl (C=O) groups is 1. The van der Waals surface area contributed by atoms with Crippen molar-refractivity contribution in [2.45, 2.75) is 19.4 Å². The van der Waals surface area contributed by atoms with Crippen molar-refractivity contribution in [3.8, 4) is 17.2 Å². The first-order chi connectivity index (χ1) is 13.2. The number of amides is 1. The molecule has 2 heterocycles. The van der Waals surface area contributed by atoms with Gasteiger partial charge in [0, 0.05) is 12.0 Å². The Morgan fingerprint density at radius 3 is 2.63 bits per heavy atom. The first-order valence-corrected chi connectivity index (χ1v) is 8.86. The van der Waals surface area contributed by atoms with Crippen LogP contribution in [0.3, 0.4) is 0 Å². The SMILES string of the molecule is C[C@@H](NC(=O)c1ccc2c(c1)OCCCO2)c1ccc(-n2cncn2)cc1. The van der Waals surface area contributed by atoms with E-state index in [1.54, 1.807) is 29.2 Å². The van der Waals surface area contributed by atoms with Crippen LogP contribution in [-0.2, 0) is 0 Å². The van der Waals surface area contributed by atoms with Gasteiger partial charge in [-0.15, -0.1) is 0 Å². The standard InChI is InChI=1S/C20H20N4O3/c1-14(15-3-6-17(7-4-15)24-13-21-12-22-24)23-20(25)16-5-8-18-19(11-16)27-10-2-9-26-18/h3-8,11-14H,2,9-10H2,1H3,(H,23,25)/t14-/m1/s1. The third-order valence-electron chi connectivity index (χ3n) is 4.43. The van der Waals surface area contributed by atoms with Gasteiger partial charge < -0.3 is 14.8 Å². The van der Waals surface area contributed by atoms with Crippen molar-refractivity contribution < 1.29 is 14.3 Å². The molecule has 138 valence electrons. The van der Waals surface area contributed by atoms with Gasteiger partial charge in [0.15, 0.2) is 11.5 Å². The number of hydrogen-bond donors (Lipinski definition) is 1. The fourth-order valence-corrected chi connectivity index (χ4v) is 2.93. The van der Waals surface area contributed by atoms with E-state index in [1.165, 1.54) is 6.33 Å². The molecule has 4 rings (SSSR count). The van der Waals surface area contributed by atoms with Crippen LogP contribution in [-0.4, -0.2) is 33.9 Å². The van der Waals surface area contributed by atoms with Gasteiger partial charge in [0.05, 0.1) is 24.9 Å². The zero-order valence-corrected chi connectivity index (χ0v) is 15.0. The van der Waals surface area contributed by atoms with Crippen molar-refractivity contribution in [3.63, 3.8) is 0 Å². The molecule has 2 aromatic carbocycles. The van der Waals surface area contributed by atoms with Crippen molar-refractivity contribution in [2.75, 3.05) is 13.2 Å². The Morgan fingerprint density at radius 1 is 1.11 bits per heavy atom. The van der Waals surface area contributed by atoms with Crippen molar-refractivity contribution >= 4 is 5.91 Å². The van der Waals surface area contributed by atoms with E-state index < -0.39 is 0 Å². The molecular formula is C20H20N4O3. The average molecular weight is 364 g/mol. The summed E-state index contributed by atoms with van der Waals surface area (Å²) in [4.78, 5) is 16.6. The molecule has 0 aliphatic carbocycles. The summed E-state index contributed by atoms with van der Waals surface area (Å²) in [6.07, 6.45) is 3.97. The number of benzene rings is 2. The van der Waals surface area contributed by atoms with Crippen LogP contribution in [0.25, 0.3) is 5.69 Å². The first-order valence-electron chi connectivity index (χ1n) is 8.86. The lowest BCUT2D eigenvalue weighted by molar-refractivity contribution is 0.0939. The number of hydrogen-bond acceptors (Lipinski definition) is 5. The number of carbonyl (C=O) groups excluding carboxylic acids is 1. The Hall–Kier alpha value is -3.35. The second-order valence-electron chi connectivity index (χ2n) is 6.34. The monoisotopic (exact) mass is 364 g/mol. The van der Waals surface area contributed by atoms with Crippen LogP contribution < -0.4 is 14.8 Å². The van der Waals surface area contributed by atoms with Crippen molar-refractivity contribution in [2.24, 2.45) is 0 Å². The van der Waals surface area contributed by atoms with Gasteiger partial charge in [-0.2, -0.15) is 5.10 Å². The molecule has 1 amide bonds. The molecule has 0 spiro atoms.